The fraction of sp³-hybridized carbons (Fsp3) is 1.00. The van der Waals surface area contributed by atoms with Gasteiger partial charge in [0.2, 0.25) is 31.2 Å². The second-order valence-electron chi connectivity index (χ2n) is 4.27. The number of rotatable bonds is 7. The van der Waals surface area contributed by atoms with Gasteiger partial charge in [0.25, 0.3) is 0 Å². The summed E-state index contributed by atoms with van der Waals surface area (Å²) in [6.45, 7) is -1.31. The van der Waals surface area contributed by atoms with E-state index in [9.17, 15) is 44.0 Å². The van der Waals surface area contributed by atoms with E-state index in [2.05, 4.69) is 17.3 Å². The fourth-order valence-corrected chi connectivity index (χ4v) is 3.05. The van der Waals surface area contributed by atoms with Gasteiger partial charge in [-0.3, -0.25) is 12.5 Å². The lowest BCUT2D eigenvalue weighted by Crippen LogP contribution is -2.64. The van der Waals surface area contributed by atoms with E-state index < -0.39 is 68.4 Å². The molecule has 144 valence electrons. The van der Waals surface area contributed by atoms with Crippen LogP contribution < -0.4 is 5.73 Å². The molecule has 0 bridgehead atoms. The number of aliphatic hydroxyl groups is 1. The largest absolute Gasteiger partial charge is 0.726 e. The van der Waals surface area contributed by atoms with Crippen LogP contribution in [0.3, 0.4) is 0 Å². The van der Waals surface area contributed by atoms with E-state index >= 15 is 0 Å². The zero-order chi connectivity index (χ0) is 18.9. The minimum atomic E-state index is -5.57. The molecule has 0 aromatic heterocycles. The van der Waals surface area contributed by atoms with E-state index in [4.69, 9.17) is 5.73 Å². The number of nitrogens with two attached hydrogens (primary N) is 1. The van der Waals surface area contributed by atoms with Crippen molar-refractivity contribution in [2.75, 3.05) is 6.61 Å². The Morgan fingerprint density at radius 1 is 0.917 bits per heavy atom. The van der Waals surface area contributed by atoms with Gasteiger partial charge in [-0.15, -0.1) is 0 Å². The molecule has 3 N–H and O–H groups in total. The van der Waals surface area contributed by atoms with Crippen molar-refractivity contribution in [3.8, 4) is 0 Å². The summed E-state index contributed by atoms with van der Waals surface area (Å²) in [7, 11) is -16.4. The molecule has 5 atom stereocenters. The van der Waals surface area contributed by atoms with Crippen molar-refractivity contribution in [3.05, 3.63) is 0 Å². The van der Waals surface area contributed by atoms with Gasteiger partial charge in [-0.2, -0.15) is 0 Å². The van der Waals surface area contributed by atoms with Crippen LogP contribution in [0.2, 0.25) is 0 Å². The quantitative estimate of drug-likeness (QED) is 0.291. The Morgan fingerprint density at radius 2 is 1.38 bits per heavy atom. The molecular weight excluding hydrogens is 406 g/mol. The first-order valence-corrected chi connectivity index (χ1v) is 9.56. The lowest BCUT2D eigenvalue weighted by Gasteiger charge is -2.42. The first-order chi connectivity index (χ1) is 10.6. The predicted molar refractivity (Wildman–Crippen MR) is 63.6 cm³/mol. The SMILES string of the molecule is N[C@H]1C(O)O[C@H](COS(=O)(=O)[O-])[C@@H](OS(=O)(=O)[O-])[C@@H]1OS(=O)(=O)[O-]. The molecule has 1 rings (SSSR count). The van der Waals surface area contributed by atoms with Crippen molar-refractivity contribution in [1.82, 2.24) is 0 Å². The molecule has 1 fully saturated rings. The van der Waals surface area contributed by atoms with E-state index in [1.165, 1.54) is 0 Å². The van der Waals surface area contributed by atoms with Gasteiger partial charge >= 0.3 is 0 Å². The molecule has 0 spiro atoms. The Bertz CT molecular complexity index is 741. The minimum Gasteiger partial charge on any atom is -0.726 e. The molecule has 1 heterocycles. The van der Waals surface area contributed by atoms with Crippen molar-refractivity contribution in [3.63, 3.8) is 0 Å². The Morgan fingerprint density at radius 3 is 1.79 bits per heavy atom. The predicted octanol–water partition coefficient (Wildman–Crippen LogP) is -4.80. The van der Waals surface area contributed by atoms with Crippen LogP contribution in [0.25, 0.3) is 0 Å². The second kappa shape index (κ2) is 7.39. The van der Waals surface area contributed by atoms with Gasteiger partial charge in [-0.05, 0) is 0 Å². The third-order valence-corrected chi connectivity index (χ3v) is 3.89. The van der Waals surface area contributed by atoms with E-state index in [1.54, 1.807) is 0 Å². The van der Waals surface area contributed by atoms with Crippen molar-refractivity contribution < 1.29 is 61.3 Å². The van der Waals surface area contributed by atoms with Crippen LogP contribution in [0.1, 0.15) is 0 Å². The maximum absolute atomic E-state index is 10.7. The molecule has 1 aliphatic heterocycles. The third-order valence-electron chi connectivity index (χ3n) is 2.55. The van der Waals surface area contributed by atoms with Crippen LogP contribution in [0.15, 0.2) is 0 Å². The second-order valence-corrected chi connectivity index (χ2v) is 7.34. The number of hydrogen-bond donors (Lipinski definition) is 2. The van der Waals surface area contributed by atoms with E-state index in [-0.39, 0.29) is 0 Å². The number of ether oxygens (including phenoxy) is 1. The zero-order valence-corrected chi connectivity index (χ0v) is 13.6. The maximum Gasteiger partial charge on any atom is 0.218 e. The average Bonchev–Trinajstić information content (AvgIpc) is 2.32. The first-order valence-electron chi connectivity index (χ1n) is 5.56. The summed E-state index contributed by atoms with van der Waals surface area (Å²) in [4.78, 5) is 0. The molecule has 15 nitrogen and oxygen atoms in total. The Labute approximate surface area is 136 Å². The lowest BCUT2D eigenvalue weighted by atomic mass is 9.98. The van der Waals surface area contributed by atoms with Crippen molar-refractivity contribution in [2.24, 2.45) is 5.73 Å². The summed E-state index contributed by atoms with van der Waals surface area (Å²) in [6, 6.07) is -1.90. The minimum absolute atomic E-state index is 1.31. The van der Waals surface area contributed by atoms with Gasteiger partial charge in [0, 0.05) is 0 Å². The molecule has 18 heteroatoms. The fourth-order valence-electron chi connectivity index (χ4n) is 1.73. The highest BCUT2D eigenvalue weighted by Gasteiger charge is 2.48. The van der Waals surface area contributed by atoms with Crippen LogP contribution >= 0.6 is 0 Å². The highest BCUT2D eigenvalue weighted by molar-refractivity contribution is 7.81. The first kappa shape index (κ1) is 21.5. The smallest absolute Gasteiger partial charge is 0.218 e. The van der Waals surface area contributed by atoms with Gasteiger partial charge in [0.15, 0.2) is 6.29 Å². The van der Waals surface area contributed by atoms with Gasteiger partial charge in [0.1, 0.15) is 18.3 Å². The highest BCUT2D eigenvalue weighted by Crippen LogP contribution is 2.26. The monoisotopic (exact) mass is 416 g/mol. The molecule has 1 unspecified atom stereocenters. The van der Waals surface area contributed by atoms with Crippen molar-refractivity contribution in [2.45, 2.75) is 30.6 Å². The lowest BCUT2D eigenvalue weighted by molar-refractivity contribution is -0.237. The summed E-state index contributed by atoms with van der Waals surface area (Å²) in [5.74, 6) is 0. The summed E-state index contributed by atoms with van der Waals surface area (Å²) < 4.78 is 112. The van der Waals surface area contributed by atoms with E-state index in [0.717, 1.165) is 0 Å². The standard InChI is InChI=1S/C6H13NO14S3/c7-3-5(21-24(15,16)17)4(20-23(12,13)14)2(19-6(3)8)1-18-22(9,10)11/h2-6,8H,1,7H2,(H,9,10,11)(H,12,13,14)(H,15,16,17)/p-3/t2-,3-,4-,5-,6?/m1/s1. The van der Waals surface area contributed by atoms with Crippen molar-refractivity contribution >= 4 is 31.2 Å². The highest BCUT2D eigenvalue weighted by atomic mass is 32.3. The Hall–Kier alpha value is -0.510. The van der Waals surface area contributed by atoms with Crippen LogP contribution in [0.4, 0.5) is 0 Å². The summed E-state index contributed by atoms with van der Waals surface area (Å²) >= 11 is 0. The molecule has 1 aliphatic rings. The third kappa shape index (κ3) is 7.16. The Balaban J connectivity index is 3.18. The van der Waals surface area contributed by atoms with Crippen molar-refractivity contribution in [1.29, 1.82) is 0 Å². The van der Waals surface area contributed by atoms with Gasteiger partial charge in [-0.25, -0.2) is 25.3 Å². The van der Waals surface area contributed by atoms with Gasteiger partial charge in [-0.1, -0.05) is 0 Å². The van der Waals surface area contributed by atoms with Crippen LogP contribution in [0.5, 0.6) is 0 Å². The van der Waals surface area contributed by atoms with Crippen LogP contribution in [-0.2, 0) is 48.5 Å². The van der Waals surface area contributed by atoms with E-state index in [0.29, 0.717) is 0 Å². The van der Waals surface area contributed by atoms with Crippen LogP contribution in [0, 0.1) is 0 Å². The summed E-state index contributed by atoms with van der Waals surface area (Å²) in [5.41, 5.74) is 5.28. The molecule has 0 amide bonds. The molecule has 0 radical (unpaired) electrons. The average molecular weight is 416 g/mol. The number of hydrogen-bond acceptors (Lipinski definition) is 15. The molecule has 0 saturated carbocycles. The van der Waals surface area contributed by atoms with E-state index in [1.807, 2.05) is 0 Å². The molecule has 0 aromatic carbocycles. The normalized spacial score (nSPS) is 32.6. The maximum atomic E-state index is 10.7. The van der Waals surface area contributed by atoms with Gasteiger partial charge in [0.05, 0.1) is 12.6 Å². The molecule has 1 saturated heterocycles. The molecule has 0 aromatic rings. The zero-order valence-electron chi connectivity index (χ0n) is 11.2. The number of aliphatic hydroxyl groups excluding tert-OH is 1. The molecule has 24 heavy (non-hydrogen) atoms. The van der Waals surface area contributed by atoms with Crippen LogP contribution in [-0.4, -0.2) is 81.3 Å². The van der Waals surface area contributed by atoms with Gasteiger partial charge < -0.3 is 29.2 Å². The summed E-state index contributed by atoms with van der Waals surface area (Å²) in [6.07, 6.45) is -8.74. The molecular formula is C6H10NO14S3-3. The summed E-state index contributed by atoms with van der Waals surface area (Å²) in [5, 5.41) is 9.47. The molecule has 0 aliphatic carbocycles. The topological polar surface area (TPSA) is 255 Å². The Kier molecular flexibility index (Phi) is 6.63.